The number of carbonyl (C=O) groups excluding carboxylic acids is 1. The summed E-state index contributed by atoms with van der Waals surface area (Å²) in [6.45, 7) is 4.51. The van der Waals surface area contributed by atoms with Crippen LogP contribution in [0.4, 0.5) is 0 Å². The summed E-state index contributed by atoms with van der Waals surface area (Å²) in [6, 6.07) is 8.51. The van der Waals surface area contributed by atoms with Gasteiger partial charge in [0.1, 0.15) is 0 Å². The van der Waals surface area contributed by atoms with Crippen molar-refractivity contribution in [2.75, 3.05) is 0 Å². The van der Waals surface area contributed by atoms with Gasteiger partial charge in [-0.25, -0.2) is 4.98 Å². The first-order valence-electron chi connectivity index (χ1n) is 10.1. The number of thioether (sulfide) groups is 2. The molecule has 146 valence electrons. The van der Waals surface area contributed by atoms with E-state index in [0.29, 0.717) is 11.7 Å². The Morgan fingerprint density at radius 1 is 1.15 bits per heavy atom. The Bertz CT molecular complexity index is 733. The minimum atomic E-state index is -0.0142. The topological polar surface area (TPSA) is 34.9 Å². The monoisotopic (exact) mass is 402 g/mol. The van der Waals surface area contributed by atoms with Gasteiger partial charge in [0.2, 0.25) is 5.78 Å². The number of hydrogen-bond acceptors (Lipinski definition) is 4. The van der Waals surface area contributed by atoms with Gasteiger partial charge in [-0.1, -0.05) is 58.1 Å². The van der Waals surface area contributed by atoms with E-state index < -0.39 is 0 Å². The van der Waals surface area contributed by atoms with E-state index in [9.17, 15) is 4.79 Å². The molecule has 0 saturated heterocycles. The Labute approximate surface area is 171 Å². The lowest BCUT2D eigenvalue weighted by Gasteiger charge is -2.27. The number of nitrogens with zero attached hydrogens (tertiary/aromatic N) is 2. The van der Waals surface area contributed by atoms with E-state index in [1.165, 1.54) is 41.9 Å². The lowest BCUT2D eigenvalue weighted by atomic mass is 9.86. The molecule has 0 radical (unpaired) electrons. The maximum absolute atomic E-state index is 13.4. The lowest BCUT2D eigenvalue weighted by molar-refractivity contribution is 0.0872. The number of unbranched alkanes of at least 4 members (excludes halogenated alkanes) is 4. The zero-order valence-electron chi connectivity index (χ0n) is 16.6. The first-order chi connectivity index (χ1) is 13.1. The summed E-state index contributed by atoms with van der Waals surface area (Å²) in [7, 11) is 1.91. The van der Waals surface area contributed by atoms with Gasteiger partial charge >= 0.3 is 0 Å². The summed E-state index contributed by atoms with van der Waals surface area (Å²) in [5, 5.41) is 0. The first kappa shape index (κ1) is 20.5. The van der Waals surface area contributed by atoms with Crippen molar-refractivity contribution in [1.82, 2.24) is 9.55 Å². The van der Waals surface area contributed by atoms with Gasteiger partial charge in [0.25, 0.3) is 0 Å². The standard InChI is InChI=1S/C22H30N2OS2/c1-4-5-6-7-8-11-16(2)19(20(25)21-23-14-15-24(21)3)22-26-17-12-9-10-13-18(17)27-22/h9-10,12-16,19,22H,4-8,11H2,1-3H3/t16-,19-/m1/s1. The summed E-state index contributed by atoms with van der Waals surface area (Å²) in [5.41, 5.74) is 0. The average molecular weight is 403 g/mol. The highest BCUT2D eigenvalue weighted by atomic mass is 32.2. The molecule has 0 fully saturated rings. The minimum Gasteiger partial charge on any atom is -0.332 e. The highest BCUT2D eigenvalue weighted by Gasteiger charge is 2.39. The summed E-state index contributed by atoms with van der Waals surface area (Å²) in [5.74, 6) is 1.13. The highest BCUT2D eigenvalue weighted by Crippen LogP contribution is 2.52. The molecular weight excluding hydrogens is 372 g/mol. The second-order valence-electron chi connectivity index (χ2n) is 7.48. The highest BCUT2D eigenvalue weighted by molar-refractivity contribution is 8.19. The van der Waals surface area contributed by atoms with E-state index in [2.05, 4.69) is 43.1 Å². The maximum atomic E-state index is 13.4. The molecule has 1 aromatic heterocycles. The van der Waals surface area contributed by atoms with Crippen LogP contribution < -0.4 is 0 Å². The van der Waals surface area contributed by atoms with Crippen LogP contribution in [0, 0.1) is 11.8 Å². The normalized spacial score (nSPS) is 16.3. The minimum absolute atomic E-state index is 0.0142. The van der Waals surface area contributed by atoms with Crippen LogP contribution in [-0.4, -0.2) is 19.9 Å². The quantitative estimate of drug-likeness (QED) is 0.338. The van der Waals surface area contributed by atoms with Crippen LogP contribution in [0.5, 0.6) is 0 Å². The molecule has 0 aliphatic carbocycles. The third kappa shape index (κ3) is 5.00. The molecule has 5 heteroatoms. The number of ketones is 1. The van der Waals surface area contributed by atoms with E-state index in [4.69, 9.17) is 0 Å². The summed E-state index contributed by atoms with van der Waals surface area (Å²) in [4.78, 5) is 20.4. The van der Waals surface area contributed by atoms with Crippen molar-refractivity contribution in [3.05, 3.63) is 42.5 Å². The number of aryl methyl sites for hydroxylation is 1. The second kappa shape index (κ2) is 9.83. The van der Waals surface area contributed by atoms with Crippen molar-refractivity contribution in [1.29, 1.82) is 0 Å². The smallest absolute Gasteiger partial charge is 0.203 e. The Balaban J connectivity index is 1.73. The predicted molar refractivity (Wildman–Crippen MR) is 116 cm³/mol. The van der Waals surface area contributed by atoms with Gasteiger partial charge in [-0.05, 0) is 24.5 Å². The van der Waals surface area contributed by atoms with Crippen molar-refractivity contribution >= 4 is 29.3 Å². The van der Waals surface area contributed by atoms with Gasteiger partial charge in [-0.15, -0.1) is 23.5 Å². The Morgan fingerprint density at radius 3 is 2.41 bits per heavy atom. The molecule has 1 aliphatic rings. The van der Waals surface area contributed by atoms with Gasteiger partial charge in [0.05, 0.1) is 4.58 Å². The maximum Gasteiger partial charge on any atom is 0.203 e. The molecule has 3 nitrogen and oxygen atoms in total. The molecule has 3 rings (SSSR count). The SMILES string of the molecule is CCCCCCC[C@@H](C)[C@H](C(=O)c1nccn1C)C1Sc2ccccc2S1. The van der Waals surface area contributed by atoms with Gasteiger partial charge in [-0.2, -0.15) is 0 Å². The first-order valence-corrected chi connectivity index (χ1v) is 11.8. The number of Topliss-reactive ketones (excluding diaryl/α,β-unsaturated/α-hetero) is 1. The summed E-state index contributed by atoms with van der Waals surface area (Å²) < 4.78 is 2.10. The molecule has 27 heavy (non-hydrogen) atoms. The van der Waals surface area contributed by atoms with Crippen molar-refractivity contribution in [2.24, 2.45) is 18.9 Å². The van der Waals surface area contributed by atoms with Gasteiger partial charge < -0.3 is 4.57 Å². The molecule has 0 amide bonds. The third-order valence-electron chi connectivity index (χ3n) is 5.35. The molecule has 0 spiro atoms. The van der Waals surface area contributed by atoms with Crippen LogP contribution >= 0.6 is 23.5 Å². The van der Waals surface area contributed by atoms with E-state index in [0.717, 1.165) is 6.42 Å². The van der Waals surface area contributed by atoms with Gasteiger partial charge in [-0.3, -0.25) is 4.79 Å². The van der Waals surface area contributed by atoms with Gasteiger partial charge in [0.15, 0.2) is 5.82 Å². The number of carbonyl (C=O) groups is 1. The second-order valence-corrected chi connectivity index (χ2v) is 10.1. The van der Waals surface area contributed by atoms with E-state index in [-0.39, 0.29) is 16.3 Å². The van der Waals surface area contributed by atoms with E-state index >= 15 is 0 Å². The largest absolute Gasteiger partial charge is 0.332 e. The average Bonchev–Trinajstić information content (AvgIpc) is 3.27. The molecule has 0 bridgehead atoms. The number of fused-ring (bicyclic) bond motifs is 1. The van der Waals surface area contributed by atoms with Crippen molar-refractivity contribution in [2.45, 2.75) is 66.7 Å². The number of benzene rings is 1. The van der Waals surface area contributed by atoms with Gasteiger partial charge in [0, 0.05) is 35.2 Å². The fourth-order valence-electron chi connectivity index (χ4n) is 3.72. The van der Waals surface area contributed by atoms with E-state index in [1.54, 1.807) is 6.20 Å². The molecule has 2 heterocycles. The molecule has 1 aliphatic heterocycles. The van der Waals surface area contributed by atoms with E-state index in [1.807, 2.05) is 41.3 Å². The van der Waals surface area contributed by atoms with Crippen molar-refractivity contribution in [3.8, 4) is 0 Å². The third-order valence-corrected chi connectivity index (χ3v) is 8.33. The summed E-state index contributed by atoms with van der Waals surface area (Å²) >= 11 is 3.71. The van der Waals surface area contributed by atoms with Crippen molar-refractivity contribution in [3.63, 3.8) is 0 Å². The molecule has 0 unspecified atom stereocenters. The molecule has 0 N–H and O–H groups in total. The molecule has 0 saturated carbocycles. The summed E-state index contributed by atoms with van der Waals surface area (Å²) in [6.07, 6.45) is 11.1. The predicted octanol–water partition coefficient (Wildman–Crippen LogP) is 6.44. The fourth-order valence-corrected chi connectivity index (χ4v) is 7.08. The number of aromatic nitrogens is 2. The fraction of sp³-hybridized carbons (Fsp3) is 0.545. The Kier molecular flexibility index (Phi) is 7.48. The molecule has 2 aromatic rings. The lowest BCUT2D eigenvalue weighted by Crippen LogP contribution is -2.31. The zero-order chi connectivity index (χ0) is 19.2. The zero-order valence-corrected chi connectivity index (χ0v) is 18.2. The molecule has 2 atom stereocenters. The molecular formula is C22H30N2OS2. The molecule has 1 aromatic carbocycles. The van der Waals surface area contributed by atoms with Crippen LogP contribution in [0.15, 0.2) is 46.5 Å². The van der Waals surface area contributed by atoms with Crippen LogP contribution in [-0.2, 0) is 7.05 Å². The number of rotatable bonds is 10. The van der Waals surface area contributed by atoms with Crippen molar-refractivity contribution < 1.29 is 4.79 Å². The van der Waals surface area contributed by atoms with Crippen LogP contribution in [0.1, 0.15) is 63.0 Å². The van der Waals surface area contributed by atoms with Crippen LogP contribution in [0.25, 0.3) is 0 Å². The Hall–Kier alpha value is -1.20. The number of hydrogen-bond donors (Lipinski definition) is 0. The van der Waals surface area contributed by atoms with Crippen LogP contribution in [0.2, 0.25) is 0 Å². The number of imidazole rings is 1. The Morgan fingerprint density at radius 2 is 1.81 bits per heavy atom. The van der Waals surface area contributed by atoms with Crippen LogP contribution in [0.3, 0.4) is 0 Å².